The summed E-state index contributed by atoms with van der Waals surface area (Å²) in [6, 6.07) is 3.91. The number of aromatic hydroxyl groups is 1. The third-order valence-electron chi connectivity index (χ3n) is 2.09. The summed E-state index contributed by atoms with van der Waals surface area (Å²) in [5, 5.41) is 17.8. The minimum atomic E-state index is -1.03. The third-order valence-corrected chi connectivity index (χ3v) is 2.09. The molecule has 0 heterocycles. The molecule has 76 valence electrons. The molecule has 0 aliphatic carbocycles. The van der Waals surface area contributed by atoms with Gasteiger partial charge in [0.25, 0.3) is 0 Å². The zero-order valence-electron chi connectivity index (χ0n) is 7.90. The van der Waals surface area contributed by atoms with Crippen LogP contribution in [0.1, 0.15) is 11.1 Å². The fraction of sp³-hybridized carbons (Fsp3) is 0.300. The molecule has 4 heteroatoms. The zero-order chi connectivity index (χ0) is 10.7. The SMILES string of the molecule is Cc1ccc(O)cc1C[C@H](N)C(=O)O. The first-order valence-corrected chi connectivity index (χ1v) is 4.27. The first kappa shape index (κ1) is 10.5. The van der Waals surface area contributed by atoms with Crippen molar-refractivity contribution >= 4 is 5.97 Å². The van der Waals surface area contributed by atoms with Crippen LogP contribution in [0.3, 0.4) is 0 Å². The fourth-order valence-corrected chi connectivity index (χ4v) is 1.20. The second kappa shape index (κ2) is 4.11. The number of carbonyl (C=O) groups is 1. The molecular formula is C10H13NO3. The molecule has 0 aromatic heterocycles. The molecular weight excluding hydrogens is 182 g/mol. The van der Waals surface area contributed by atoms with Gasteiger partial charge >= 0.3 is 5.97 Å². The number of phenolic OH excluding ortho intramolecular Hbond substituents is 1. The Kier molecular flexibility index (Phi) is 3.09. The van der Waals surface area contributed by atoms with E-state index in [1.807, 2.05) is 6.92 Å². The average molecular weight is 195 g/mol. The van der Waals surface area contributed by atoms with E-state index in [4.69, 9.17) is 10.8 Å². The molecule has 0 unspecified atom stereocenters. The van der Waals surface area contributed by atoms with Crippen molar-refractivity contribution < 1.29 is 15.0 Å². The fourth-order valence-electron chi connectivity index (χ4n) is 1.20. The lowest BCUT2D eigenvalue weighted by Gasteiger charge is -2.09. The van der Waals surface area contributed by atoms with E-state index in [1.165, 1.54) is 6.07 Å². The van der Waals surface area contributed by atoms with Gasteiger partial charge in [0.15, 0.2) is 0 Å². The van der Waals surface area contributed by atoms with Gasteiger partial charge in [-0.05, 0) is 36.6 Å². The molecule has 1 atom stereocenters. The molecule has 1 aromatic carbocycles. The molecule has 0 radical (unpaired) electrons. The van der Waals surface area contributed by atoms with Gasteiger partial charge in [-0.1, -0.05) is 6.07 Å². The average Bonchev–Trinajstić information content (AvgIpc) is 2.11. The topological polar surface area (TPSA) is 83.5 Å². The van der Waals surface area contributed by atoms with Crippen LogP contribution in [0.15, 0.2) is 18.2 Å². The summed E-state index contributed by atoms with van der Waals surface area (Å²) in [6.07, 6.45) is 0.232. The van der Waals surface area contributed by atoms with Gasteiger partial charge in [-0.15, -0.1) is 0 Å². The molecule has 0 saturated heterocycles. The van der Waals surface area contributed by atoms with Crippen molar-refractivity contribution in [2.24, 2.45) is 5.73 Å². The molecule has 0 fully saturated rings. The number of carboxylic acid groups (broad SMARTS) is 1. The van der Waals surface area contributed by atoms with Crippen LogP contribution in [-0.4, -0.2) is 22.2 Å². The van der Waals surface area contributed by atoms with Crippen LogP contribution >= 0.6 is 0 Å². The van der Waals surface area contributed by atoms with Gasteiger partial charge in [0.2, 0.25) is 0 Å². The van der Waals surface area contributed by atoms with Crippen LogP contribution in [0.4, 0.5) is 0 Å². The van der Waals surface area contributed by atoms with E-state index in [-0.39, 0.29) is 12.2 Å². The molecule has 14 heavy (non-hydrogen) atoms. The minimum absolute atomic E-state index is 0.128. The predicted octanol–water partition coefficient (Wildman–Crippen LogP) is 0.655. The van der Waals surface area contributed by atoms with Crippen molar-refractivity contribution in [3.8, 4) is 5.75 Å². The Labute approximate surface area is 82.0 Å². The summed E-state index contributed by atoms with van der Waals surface area (Å²) in [4.78, 5) is 10.5. The quantitative estimate of drug-likeness (QED) is 0.661. The van der Waals surface area contributed by atoms with Crippen LogP contribution in [-0.2, 0) is 11.2 Å². The van der Waals surface area contributed by atoms with Crippen molar-refractivity contribution in [2.75, 3.05) is 0 Å². The van der Waals surface area contributed by atoms with Crippen molar-refractivity contribution in [2.45, 2.75) is 19.4 Å². The Bertz CT molecular complexity index is 349. The first-order valence-electron chi connectivity index (χ1n) is 4.27. The number of hydrogen-bond acceptors (Lipinski definition) is 3. The van der Waals surface area contributed by atoms with E-state index in [1.54, 1.807) is 12.1 Å². The van der Waals surface area contributed by atoms with Gasteiger partial charge in [0, 0.05) is 0 Å². The second-order valence-electron chi connectivity index (χ2n) is 3.26. The van der Waals surface area contributed by atoms with E-state index in [2.05, 4.69) is 0 Å². The Balaban J connectivity index is 2.85. The van der Waals surface area contributed by atoms with Crippen LogP contribution in [0.2, 0.25) is 0 Å². The Morgan fingerprint density at radius 3 is 2.79 bits per heavy atom. The molecule has 1 rings (SSSR count). The van der Waals surface area contributed by atoms with Gasteiger partial charge in [0.1, 0.15) is 11.8 Å². The molecule has 4 N–H and O–H groups in total. The maximum absolute atomic E-state index is 10.5. The molecule has 0 spiro atoms. The summed E-state index contributed by atoms with van der Waals surface area (Å²) in [7, 11) is 0. The van der Waals surface area contributed by atoms with Crippen LogP contribution in [0.25, 0.3) is 0 Å². The Morgan fingerprint density at radius 1 is 1.57 bits per heavy atom. The van der Waals surface area contributed by atoms with Crippen molar-refractivity contribution in [1.82, 2.24) is 0 Å². The van der Waals surface area contributed by atoms with Gasteiger partial charge in [0.05, 0.1) is 0 Å². The van der Waals surface area contributed by atoms with Gasteiger partial charge in [-0.2, -0.15) is 0 Å². The van der Waals surface area contributed by atoms with Crippen LogP contribution < -0.4 is 5.73 Å². The normalized spacial score (nSPS) is 12.4. The van der Waals surface area contributed by atoms with E-state index >= 15 is 0 Å². The van der Waals surface area contributed by atoms with E-state index < -0.39 is 12.0 Å². The van der Waals surface area contributed by atoms with Crippen LogP contribution in [0.5, 0.6) is 5.75 Å². The summed E-state index contributed by atoms with van der Waals surface area (Å²) < 4.78 is 0. The first-order chi connectivity index (χ1) is 6.50. The molecule has 0 aliphatic rings. The van der Waals surface area contributed by atoms with E-state index in [9.17, 15) is 9.90 Å². The molecule has 0 saturated carbocycles. The lowest BCUT2D eigenvalue weighted by molar-refractivity contribution is -0.138. The monoisotopic (exact) mass is 195 g/mol. The maximum Gasteiger partial charge on any atom is 0.320 e. The largest absolute Gasteiger partial charge is 0.508 e. The Hall–Kier alpha value is -1.55. The third kappa shape index (κ3) is 2.47. The highest BCUT2D eigenvalue weighted by Gasteiger charge is 2.13. The second-order valence-corrected chi connectivity index (χ2v) is 3.26. The molecule has 0 bridgehead atoms. The minimum Gasteiger partial charge on any atom is -0.508 e. The summed E-state index contributed by atoms with van der Waals surface area (Å²) in [6.45, 7) is 1.85. The van der Waals surface area contributed by atoms with Crippen molar-refractivity contribution in [3.05, 3.63) is 29.3 Å². The predicted molar refractivity (Wildman–Crippen MR) is 52.2 cm³/mol. The lowest BCUT2D eigenvalue weighted by Crippen LogP contribution is -2.32. The molecule has 1 aromatic rings. The number of phenols is 1. The van der Waals surface area contributed by atoms with Crippen molar-refractivity contribution in [1.29, 1.82) is 0 Å². The van der Waals surface area contributed by atoms with E-state index in [0.29, 0.717) is 0 Å². The molecule has 0 amide bonds. The number of carboxylic acids is 1. The standard InChI is InChI=1S/C10H13NO3/c1-6-2-3-8(12)4-7(6)5-9(11)10(13)14/h2-4,9,12H,5,11H2,1H3,(H,13,14)/t9-/m0/s1. The van der Waals surface area contributed by atoms with Crippen LogP contribution in [0, 0.1) is 6.92 Å². The smallest absolute Gasteiger partial charge is 0.320 e. The molecule has 4 nitrogen and oxygen atoms in total. The summed E-state index contributed by atoms with van der Waals surface area (Å²) in [5.74, 6) is -0.907. The summed E-state index contributed by atoms with van der Waals surface area (Å²) in [5.41, 5.74) is 7.08. The highest BCUT2D eigenvalue weighted by molar-refractivity contribution is 5.73. The van der Waals surface area contributed by atoms with Gasteiger partial charge < -0.3 is 15.9 Å². The number of hydrogen-bond donors (Lipinski definition) is 3. The summed E-state index contributed by atoms with van der Waals surface area (Å²) >= 11 is 0. The Morgan fingerprint density at radius 2 is 2.21 bits per heavy atom. The lowest BCUT2D eigenvalue weighted by atomic mass is 10.0. The van der Waals surface area contributed by atoms with Gasteiger partial charge in [-0.3, -0.25) is 4.79 Å². The maximum atomic E-state index is 10.5. The zero-order valence-corrected chi connectivity index (χ0v) is 7.90. The van der Waals surface area contributed by atoms with Crippen molar-refractivity contribution in [3.63, 3.8) is 0 Å². The highest BCUT2D eigenvalue weighted by atomic mass is 16.4. The van der Waals surface area contributed by atoms with E-state index in [0.717, 1.165) is 11.1 Å². The highest BCUT2D eigenvalue weighted by Crippen LogP contribution is 2.16. The number of rotatable bonds is 3. The number of benzene rings is 1. The van der Waals surface area contributed by atoms with Gasteiger partial charge in [-0.25, -0.2) is 0 Å². The number of aryl methyl sites for hydroxylation is 1. The number of aliphatic carboxylic acids is 1. The molecule has 0 aliphatic heterocycles. The number of nitrogens with two attached hydrogens (primary N) is 1.